The third kappa shape index (κ3) is 2.94. The molecule has 2 unspecified atom stereocenters. The van der Waals surface area contributed by atoms with Crippen molar-refractivity contribution < 1.29 is 4.79 Å². The summed E-state index contributed by atoms with van der Waals surface area (Å²) in [5, 5.41) is 3.13. The Hall–Kier alpha value is -0.570. The van der Waals surface area contributed by atoms with Gasteiger partial charge in [-0.25, -0.2) is 0 Å². The van der Waals surface area contributed by atoms with Crippen LogP contribution in [-0.4, -0.2) is 36.5 Å². The molecule has 0 aromatic carbocycles. The number of rotatable bonds is 3. The number of carbonyl (C=O) groups excluding carboxylic acids is 1. The number of likely N-dealkylation sites (N-methyl/N-ethyl adjacent to an activating group) is 1. The lowest BCUT2D eigenvalue weighted by Gasteiger charge is -2.32. The summed E-state index contributed by atoms with van der Waals surface area (Å²) in [6, 6.07) is 0.389. The number of amides is 1. The molecule has 0 spiro atoms. The number of nitrogens with one attached hydrogen (secondary N) is 1. The molecule has 0 radical (unpaired) electrons. The normalized spacial score (nSPS) is 25.5. The quantitative estimate of drug-likeness (QED) is 0.771. The van der Waals surface area contributed by atoms with E-state index >= 15 is 0 Å². The highest BCUT2D eigenvalue weighted by Gasteiger charge is 2.29. The third-order valence-electron chi connectivity index (χ3n) is 3.53. The highest BCUT2D eigenvalue weighted by Crippen LogP contribution is 2.18. The summed E-state index contributed by atoms with van der Waals surface area (Å²) >= 11 is 0. The van der Waals surface area contributed by atoms with Gasteiger partial charge in [0.2, 0.25) is 5.91 Å². The van der Waals surface area contributed by atoms with Crippen LogP contribution in [0, 0.1) is 5.92 Å². The van der Waals surface area contributed by atoms with Crippen LogP contribution in [0.4, 0.5) is 0 Å². The molecule has 88 valence electrons. The van der Waals surface area contributed by atoms with Crippen LogP contribution >= 0.6 is 0 Å². The zero-order valence-electron chi connectivity index (χ0n) is 10.4. The van der Waals surface area contributed by atoms with Gasteiger partial charge in [0.05, 0.1) is 6.04 Å². The fourth-order valence-electron chi connectivity index (χ4n) is 2.10. The van der Waals surface area contributed by atoms with Gasteiger partial charge in [0.15, 0.2) is 0 Å². The lowest BCUT2D eigenvalue weighted by atomic mass is 10.0. The molecule has 1 fully saturated rings. The zero-order chi connectivity index (χ0) is 11.4. The first-order valence-electron chi connectivity index (χ1n) is 6.05. The van der Waals surface area contributed by atoms with Gasteiger partial charge in [-0.05, 0) is 39.2 Å². The Kier molecular flexibility index (Phi) is 4.58. The van der Waals surface area contributed by atoms with Gasteiger partial charge in [0.25, 0.3) is 0 Å². The van der Waals surface area contributed by atoms with Crippen LogP contribution in [0.2, 0.25) is 0 Å². The second-order valence-corrected chi connectivity index (χ2v) is 4.85. The summed E-state index contributed by atoms with van der Waals surface area (Å²) < 4.78 is 0. The largest absolute Gasteiger partial charge is 0.338 e. The van der Waals surface area contributed by atoms with E-state index in [1.807, 2.05) is 7.05 Å². The molecule has 3 nitrogen and oxygen atoms in total. The van der Waals surface area contributed by atoms with Gasteiger partial charge in [-0.3, -0.25) is 4.79 Å². The molecule has 0 saturated carbocycles. The van der Waals surface area contributed by atoms with Gasteiger partial charge in [0, 0.05) is 12.6 Å². The summed E-state index contributed by atoms with van der Waals surface area (Å²) in [5.74, 6) is 0.820. The summed E-state index contributed by atoms with van der Waals surface area (Å²) in [7, 11) is 1.88. The monoisotopic (exact) mass is 212 g/mol. The average molecular weight is 212 g/mol. The van der Waals surface area contributed by atoms with Crippen molar-refractivity contribution >= 4 is 5.91 Å². The van der Waals surface area contributed by atoms with Gasteiger partial charge in [-0.1, -0.05) is 13.8 Å². The van der Waals surface area contributed by atoms with Crippen LogP contribution in [-0.2, 0) is 4.79 Å². The van der Waals surface area contributed by atoms with E-state index in [0.717, 1.165) is 25.8 Å². The van der Waals surface area contributed by atoms with E-state index in [-0.39, 0.29) is 11.9 Å². The maximum absolute atomic E-state index is 12.2. The van der Waals surface area contributed by atoms with Crippen LogP contribution in [0.1, 0.15) is 40.0 Å². The first-order chi connectivity index (χ1) is 7.07. The van der Waals surface area contributed by atoms with Crippen LogP contribution < -0.4 is 5.32 Å². The molecular weight excluding hydrogens is 188 g/mol. The molecule has 1 amide bonds. The Bertz CT molecular complexity index is 216. The molecule has 1 aliphatic heterocycles. The van der Waals surface area contributed by atoms with Crippen LogP contribution in [0.15, 0.2) is 0 Å². The van der Waals surface area contributed by atoms with Crippen molar-refractivity contribution in [2.45, 2.75) is 52.1 Å². The molecule has 3 heteroatoms. The lowest BCUT2D eigenvalue weighted by molar-refractivity contribution is -0.135. The van der Waals surface area contributed by atoms with E-state index in [0.29, 0.717) is 12.0 Å². The molecule has 1 N–H and O–H groups in total. The van der Waals surface area contributed by atoms with Gasteiger partial charge in [-0.2, -0.15) is 0 Å². The van der Waals surface area contributed by atoms with Crippen LogP contribution in [0.25, 0.3) is 0 Å². The molecular formula is C12H24N2O. The molecule has 15 heavy (non-hydrogen) atoms. The van der Waals surface area contributed by atoms with E-state index in [1.165, 1.54) is 0 Å². The van der Waals surface area contributed by atoms with E-state index < -0.39 is 0 Å². The minimum atomic E-state index is 0.0358. The number of hydrogen-bond donors (Lipinski definition) is 1. The fourth-order valence-corrected chi connectivity index (χ4v) is 2.10. The number of hydrogen-bond acceptors (Lipinski definition) is 2. The third-order valence-corrected chi connectivity index (χ3v) is 3.53. The number of likely N-dealkylation sites (tertiary alicyclic amines) is 1. The fraction of sp³-hybridized carbons (Fsp3) is 0.917. The standard InChI is InChI=1S/C12H24N2O/c1-9(2)10(3)14-8-6-5-7-11(13-4)12(14)15/h9-11,13H,5-8H2,1-4H3. The van der Waals surface area contributed by atoms with Crippen molar-refractivity contribution in [1.29, 1.82) is 0 Å². The highest BCUT2D eigenvalue weighted by atomic mass is 16.2. The van der Waals surface area contributed by atoms with Crippen molar-refractivity contribution in [1.82, 2.24) is 10.2 Å². The maximum Gasteiger partial charge on any atom is 0.239 e. The van der Waals surface area contributed by atoms with Gasteiger partial charge < -0.3 is 10.2 Å². The van der Waals surface area contributed by atoms with Crippen LogP contribution in [0.5, 0.6) is 0 Å². The average Bonchev–Trinajstić information content (AvgIpc) is 2.39. The SMILES string of the molecule is CNC1CCCCN(C(C)C(C)C)C1=O. The smallest absolute Gasteiger partial charge is 0.239 e. The minimum Gasteiger partial charge on any atom is -0.338 e. The van der Waals surface area contributed by atoms with Crippen molar-refractivity contribution in [2.24, 2.45) is 5.92 Å². The van der Waals surface area contributed by atoms with E-state index in [1.54, 1.807) is 0 Å². The first kappa shape index (κ1) is 12.5. The molecule has 0 aliphatic carbocycles. The molecule has 2 atom stereocenters. The predicted molar refractivity (Wildman–Crippen MR) is 62.7 cm³/mol. The molecule has 1 saturated heterocycles. The van der Waals surface area contributed by atoms with Crippen molar-refractivity contribution in [3.05, 3.63) is 0 Å². The topological polar surface area (TPSA) is 32.3 Å². The van der Waals surface area contributed by atoms with E-state index in [4.69, 9.17) is 0 Å². The Morgan fingerprint density at radius 1 is 1.33 bits per heavy atom. The Balaban J connectivity index is 2.72. The van der Waals surface area contributed by atoms with Gasteiger partial charge in [-0.15, -0.1) is 0 Å². The maximum atomic E-state index is 12.2. The Morgan fingerprint density at radius 2 is 2.00 bits per heavy atom. The second-order valence-electron chi connectivity index (χ2n) is 4.85. The van der Waals surface area contributed by atoms with E-state index in [9.17, 15) is 4.79 Å². The van der Waals surface area contributed by atoms with Crippen molar-refractivity contribution in [3.63, 3.8) is 0 Å². The summed E-state index contributed by atoms with van der Waals surface area (Å²) in [5.41, 5.74) is 0. The minimum absolute atomic E-state index is 0.0358. The lowest BCUT2D eigenvalue weighted by Crippen LogP contribution is -2.49. The Labute approximate surface area is 93.2 Å². The van der Waals surface area contributed by atoms with Gasteiger partial charge >= 0.3 is 0 Å². The number of carbonyl (C=O) groups is 1. The number of nitrogens with zero attached hydrogens (tertiary/aromatic N) is 1. The van der Waals surface area contributed by atoms with E-state index in [2.05, 4.69) is 31.0 Å². The molecule has 1 rings (SSSR count). The molecule has 1 aliphatic rings. The highest BCUT2D eigenvalue weighted by molar-refractivity contribution is 5.82. The first-order valence-corrected chi connectivity index (χ1v) is 6.05. The molecule has 0 bridgehead atoms. The molecule has 0 aromatic heterocycles. The van der Waals surface area contributed by atoms with Gasteiger partial charge in [0.1, 0.15) is 0 Å². The summed E-state index contributed by atoms with van der Waals surface area (Å²) in [6.07, 6.45) is 3.27. The molecule has 0 aromatic rings. The van der Waals surface area contributed by atoms with Crippen LogP contribution in [0.3, 0.4) is 0 Å². The second kappa shape index (κ2) is 5.50. The summed E-state index contributed by atoms with van der Waals surface area (Å²) in [4.78, 5) is 14.2. The van der Waals surface area contributed by atoms with Crippen molar-refractivity contribution in [3.8, 4) is 0 Å². The zero-order valence-corrected chi connectivity index (χ0v) is 10.4. The van der Waals surface area contributed by atoms with Crippen molar-refractivity contribution in [2.75, 3.05) is 13.6 Å². The Morgan fingerprint density at radius 3 is 2.53 bits per heavy atom. The predicted octanol–water partition coefficient (Wildman–Crippen LogP) is 1.63. The summed E-state index contributed by atoms with van der Waals surface area (Å²) in [6.45, 7) is 7.44. The molecule has 1 heterocycles.